The van der Waals surface area contributed by atoms with Crippen LogP contribution in [0.1, 0.15) is 1.43 Å². The van der Waals surface area contributed by atoms with Gasteiger partial charge in [0.1, 0.15) is 0 Å². The summed E-state index contributed by atoms with van der Waals surface area (Å²) in [5, 5.41) is 0. The first-order chi connectivity index (χ1) is 2.56. The van der Waals surface area contributed by atoms with Crippen molar-refractivity contribution in [1.29, 1.82) is 0 Å². The molecule has 0 aromatic rings. The second-order valence-corrected chi connectivity index (χ2v) is 1.68. The summed E-state index contributed by atoms with van der Waals surface area (Å²) in [5.41, 5.74) is 0. The molecule has 0 spiro atoms. The van der Waals surface area contributed by atoms with Gasteiger partial charge in [-0.05, 0) is 4.53 Å². The van der Waals surface area contributed by atoms with Crippen LogP contribution in [0.2, 0.25) is 0 Å². The second-order valence-electron chi connectivity index (χ2n) is 0.560. The molecule has 0 bridgehead atoms. The molecule has 0 radical (unpaired) electrons. The van der Waals surface area contributed by atoms with E-state index in [0.29, 0.717) is 0 Å². The van der Waals surface area contributed by atoms with E-state index in [4.69, 9.17) is 14.4 Å². The summed E-state index contributed by atoms with van der Waals surface area (Å²) in [6, 6.07) is 0. The normalized spacial score (nSPS) is 10.1. The molecule has 0 heterocycles. The summed E-state index contributed by atoms with van der Waals surface area (Å²) in [7, 11) is -4.81. The first-order valence-electron chi connectivity index (χ1n) is 0.919. The Morgan fingerprint density at radius 2 is 1.86 bits per heavy atom. The van der Waals surface area contributed by atoms with Crippen molar-refractivity contribution in [2.24, 2.45) is 0 Å². The summed E-state index contributed by atoms with van der Waals surface area (Å²) in [5.74, 6) is 0. The van der Waals surface area contributed by atoms with E-state index >= 15 is 0 Å². The molecular weight excluding hydrogens is 153 g/mol. The first kappa shape index (κ1) is 11.5. The molecule has 7 heteroatoms. The van der Waals surface area contributed by atoms with Gasteiger partial charge in [0.25, 0.3) is 0 Å². The number of hydrogen-bond donors (Lipinski definition) is 2. The average Bonchev–Trinajstić information content (AvgIpc) is 1.35. The summed E-state index contributed by atoms with van der Waals surface area (Å²) >= 11 is 0. The minimum absolute atomic E-state index is 0. The zero-order valence-electron chi connectivity index (χ0n) is 4.54. The SMILES string of the molecule is O=P(O)(O)OF.[H-].[K+]. The quantitative estimate of drug-likeness (QED) is 0.315. The number of rotatable bonds is 1. The standard InChI is InChI=1S/FH2O4P.K.H/c1-5-6(2,3)4;;/h(H2,2,3,4);;/q;+1;-1. The van der Waals surface area contributed by atoms with Gasteiger partial charge in [0.05, 0.1) is 0 Å². The van der Waals surface area contributed by atoms with Crippen molar-refractivity contribution >= 4 is 7.82 Å². The largest absolute Gasteiger partial charge is 1.00 e. The summed E-state index contributed by atoms with van der Waals surface area (Å²) < 4.78 is 21.4. The third-order valence-corrected chi connectivity index (χ3v) is 0.270. The fraction of sp³-hybridized carbons (Fsp3) is 0. The van der Waals surface area contributed by atoms with E-state index in [1.165, 1.54) is 0 Å². The Morgan fingerprint density at radius 3 is 1.86 bits per heavy atom. The van der Waals surface area contributed by atoms with Crippen LogP contribution in [-0.4, -0.2) is 9.79 Å². The molecule has 0 aliphatic rings. The average molecular weight is 156 g/mol. The molecule has 0 amide bonds. The smallest absolute Gasteiger partial charge is 1.00 e. The molecule has 0 unspecified atom stereocenters. The Balaban J connectivity index is -0.000000125. The van der Waals surface area contributed by atoms with Crippen molar-refractivity contribution in [3.8, 4) is 0 Å². The van der Waals surface area contributed by atoms with Crippen LogP contribution in [0, 0.1) is 0 Å². The maximum atomic E-state index is 10.2. The molecule has 40 valence electrons. The second kappa shape index (κ2) is 4.55. The minimum atomic E-state index is -4.81. The van der Waals surface area contributed by atoms with E-state index < -0.39 is 7.82 Å². The molecule has 0 fully saturated rings. The van der Waals surface area contributed by atoms with Crippen molar-refractivity contribution in [3.63, 3.8) is 0 Å². The van der Waals surface area contributed by atoms with E-state index in [1.807, 2.05) is 0 Å². The number of halogens is 1. The van der Waals surface area contributed by atoms with Crippen LogP contribution in [0.3, 0.4) is 0 Å². The van der Waals surface area contributed by atoms with E-state index in [2.05, 4.69) is 4.73 Å². The fourth-order valence-electron chi connectivity index (χ4n) is 0. The molecule has 0 rings (SSSR count). The third-order valence-electron chi connectivity index (χ3n) is 0.0899. The number of hydrogen-bond acceptors (Lipinski definition) is 2. The summed E-state index contributed by atoms with van der Waals surface area (Å²) in [6.07, 6.45) is 0. The zero-order chi connectivity index (χ0) is 5.21. The first-order valence-corrected chi connectivity index (χ1v) is 2.45. The van der Waals surface area contributed by atoms with Crippen LogP contribution >= 0.6 is 7.82 Å². The van der Waals surface area contributed by atoms with Gasteiger partial charge in [0, 0.05) is 0 Å². The van der Waals surface area contributed by atoms with Gasteiger partial charge < -0.3 is 11.2 Å². The number of phosphoric acid groups is 1. The van der Waals surface area contributed by atoms with Crippen molar-refractivity contribution < 1.29 is 76.4 Å². The molecular formula is H3FKO4P. The monoisotopic (exact) mass is 156 g/mol. The molecule has 0 atom stereocenters. The zero-order valence-corrected chi connectivity index (χ0v) is 7.55. The topological polar surface area (TPSA) is 66.8 Å². The Labute approximate surface area is 83.1 Å². The van der Waals surface area contributed by atoms with E-state index in [0.717, 1.165) is 0 Å². The van der Waals surface area contributed by atoms with E-state index in [1.54, 1.807) is 0 Å². The summed E-state index contributed by atoms with van der Waals surface area (Å²) in [6.45, 7) is 0. The summed E-state index contributed by atoms with van der Waals surface area (Å²) in [4.78, 5) is 14.7. The van der Waals surface area contributed by atoms with Crippen LogP contribution in [0.4, 0.5) is 4.53 Å². The van der Waals surface area contributed by atoms with Gasteiger partial charge in [-0.2, -0.15) is 0 Å². The van der Waals surface area contributed by atoms with Crippen LogP contribution in [0.25, 0.3) is 0 Å². The predicted molar refractivity (Wildman–Crippen MR) is 15.3 cm³/mol. The molecule has 4 nitrogen and oxygen atoms in total. The molecule has 0 saturated heterocycles. The Bertz CT molecular complexity index is 80.1. The van der Waals surface area contributed by atoms with E-state index in [9.17, 15) is 4.53 Å². The van der Waals surface area contributed by atoms with Gasteiger partial charge in [-0.3, -0.25) is 0 Å². The van der Waals surface area contributed by atoms with Gasteiger partial charge in [0.2, 0.25) is 0 Å². The van der Waals surface area contributed by atoms with Crippen LogP contribution in [0.15, 0.2) is 0 Å². The molecule has 0 saturated carbocycles. The van der Waals surface area contributed by atoms with Crippen LogP contribution in [-0.2, 0) is 9.29 Å². The van der Waals surface area contributed by atoms with Gasteiger partial charge in [-0.1, -0.05) is 4.73 Å². The van der Waals surface area contributed by atoms with E-state index in [-0.39, 0.29) is 52.8 Å². The maximum Gasteiger partial charge on any atom is 1.00 e. The van der Waals surface area contributed by atoms with Crippen molar-refractivity contribution in [3.05, 3.63) is 0 Å². The predicted octanol–water partition coefficient (Wildman–Crippen LogP) is -2.90. The molecule has 0 aromatic carbocycles. The van der Waals surface area contributed by atoms with Gasteiger partial charge in [-0.25, -0.2) is 4.57 Å². The van der Waals surface area contributed by atoms with Gasteiger partial charge in [-0.15, -0.1) is 0 Å². The van der Waals surface area contributed by atoms with Crippen molar-refractivity contribution in [1.82, 2.24) is 0 Å². The molecule has 0 aliphatic carbocycles. The Kier molecular flexibility index (Phi) is 7.45. The molecule has 7 heavy (non-hydrogen) atoms. The van der Waals surface area contributed by atoms with Crippen LogP contribution in [0.5, 0.6) is 0 Å². The third kappa shape index (κ3) is 11.3. The maximum absolute atomic E-state index is 10.2. The Morgan fingerprint density at radius 1 is 1.71 bits per heavy atom. The molecule has 0 aliphatic heterocycles. The Hall–Kier alpha value is 1.68. The molecule has 0 aromatic heterocycles. The van der Waals surface area contributed by atoms with Crippen LogP contribution < -0.4 is 51.4 Å². The van der Waals surface area contributed by atoms with Gasteiger partial charge in [0.15, 0.2) is 0 Å². The fourth-order valence-corrected chi connectivity index (χ4v) is 0. The van der Waals surface area contributed by atoms with Gasteiger partial charge >= 0.3 is 59.2 Å². The van der Waals surface area contributed by atoms with Crippen molar-refractivity contribution in [2.45, 2.75) is 0 Å². The van der Waals surface area contributed by atoms with Crippen molar-refractivity contribution in [2.75, 3.05) is 0 Å². The molecule has 2 N–H and O–H groups in total. The minimum Gasteiger partial charge on any atom is -1.00 e.